The molecule has 128 valence electrons. The summed E-state index contributed by atoms with van der Waals surface area (Å²) >= 11 is 0. The lowest BCUT2D eigenvalue weighted by Crippen LogP contribution is -2.30. The smallest absolute Gasteiger partial charge is 0.253 e. The molecule has 0 unspecified atom stereocenters. The minimum absolute atomic E-state index is 0.135. The minimum atomic E-state index is -3.29. The Morgan fingerprint density at radius 1 is 1.12 bits per heavy atom. The Kier molecular flexibility index (Phi) is 5.56. The van der Waals surface area contributed by atoms with Gasteiger partial charge in [0, 0.05) is 18.9 Å². The number of likely N-dealkylation sites (N-methyl/N-ethyl adjacent to an activating group) is 1. The minimum Gasteiger partial charge on any atom is -0.489 e. The molecule has 0 saturated carbocycles. The molecule has 0 saturated heterocycles. The topological polar surface area (TPSA) is 63.7 Å². The second-order valence-electron chi connectivity index (χ2n) is 5.30. The predicted molar refractivity (Wildman–Crippen MR) is 88.4 cm³/mol. The number of ether oxygens (including phenoxy) is 1. The molecule has 1 amide bonds. The Labute approximate surface area is 140 Å². The van der Waals surface area contributed by atoms with E-state index in [2.05, 4.69) is 0 Å². The Balaban J connectivity index is 1.93. The van der Waals surface area contributed by atoms with Crippen molar-refractivity contribution in [1.29, 1.82) is 0 Å². The first-order chi connectivity index (χ1) is 11.3. The highest BCUT2D eigenvalue weighted by atomic mass is 32.2. The highest BCUT2D eigenvalue weighted by Gasteiger charge is 2.14. The SMILES string of the molecule is CN(CCOc1ccccc1F)C(=O)c1ccc(S(C)(=O)=O)cc1. The number of sulfone groups is 1. The van der Waals surface area contributed by atoms with Gasteiger partial charge in [0.15, 0.2) is 21.4 Å². The molecule has 0 N–H and O–H groups in total. The van der Waals surface area contributed by atoms with E-state index in [9.17, 15) is 17.6 Å². The average molecular weight is 351 g/mol. The summed E-state index contributed by atoms with van der Waals surface area (Å²) in [5, 5.41) is 0. The number of para-hydroxylation sites is 1. The van der Waals surface area contributed by atoms with Crippen LogP contribution in [0.25, 0.3) is 0 Å². The standard InChI is InChI=1S/C17H18FNO4S/c1-19(11-12-23-16-6-4-3-5-15(16)18)17(20)13-7-9-14(10-8-13)24(2,21)22/h3-10H,11-12H2,1-2H3. The summed E-state index contributed by atoms with van der Waals surface area (Å²) in [7, 11) is -1.70. The summed E-state index contributed by atoms with van der Waals surface area (Å²) in [6.07, 6.45) is 1.11. The van der Waals surface area contributed by atoms with Crippen LogP contribution in [-0.2, 0) is 9.84 Å². The van der Waals surface area contributed by atoms with E-state index in [0.29, 0.717) is 5.56 Å². The maximum absolute atomic E-state index is 13.4. The molecule has 0 bridgehead atoms. The fraction of sp³-hybridized carbons (Fsp3) is 0.235. The normalized spacial score (nSPS) is 11.1. The van der Waals surface area contributed by atoms with E-state index in [1.165, 1.54) is 41.3 Å². The number of rotatable bonds is 6. The molecule has 0 spiro atoms. The zero-order chi connectivity index (χ0) is 17.7. The molecule has 0 heterocycles. The average Bonchev–Trinajstić information content (AvgIpc) is 2.55. The number of nitrogens with zero attached hydrogens (tertiary/aromatic N) is 1. The maximum atomic E-state index is 13.4. The van der Waals surface area contributed by atoms with Crippen molar-refractivity contribution in [2.45, 2.75) is 4.90 Å². The van der Waals surface area contributed by atoms with Gasteiger partial charge in [-0.15, -0.1) is 0 Å². The Bertz CT molecular complexity index is 819. The fourth-order valence-corrected chi connectivity index (χ4v) is 2.65. The molecule has 5 nitrogen and oxygen atoms in total. The van der Waals surface area contributed by atoms with Crippen molar-refractivity contribution >= 4 is 15.7 Å². The summed E-state index contributed by atoms with van der Waals surface area (Å²) in [6.45, 7) is 0.408. The molecule has 0 aromatic heterocycles. The summed E-state index contributed by atoms with van der Waals surface area (Å²) in [5.74, 6) is -0.592. The van der Waals surface area contributed by atoms with Crippen LogP contribution in [0.1, 0.15) is 10.4 Å². The zero-order valence-electron chi connectivity index (χ0n) is 13.4. The zero-order valence-corrected chi connectivity index (χ0v) is 14.2. The van der Waals surface area contributed by atoms with Gasteiger partial charge < -0.3 is 9.64 Å². The summed E-state index contributed by atoms with van der Waals surface area (Å²) in [4.78, 5) is 13.8. The van der Waals surface area contributed by atoms with Gasteiger partial charge in [-0.25, -0.2) is 12.8 Å². The molecule has 24 heavy (non-hydrogen) atoms. The van der Waals surface area contributed by atoms with Crippen molar-refractivity contribution < 1.29 is 22.3 Å². The van der Waals surface area contributed by atoms with Crippen LogP contribution in [0.4, 0.5) is 4.39 Å². The Morgan fingerprint density at radius 3 is 2.33 bits per heavy atom. The van der Waals surface area contributed by atoms with Crippen molar-refractivity contribution in [1.82, 2.24) is 4.90 Å². The van der Waals surface area contributed by atoms with Crippen LogP contribution in [0, 0.1) is 5.82 Å². The van der Waals surface area contributed by atoms with E-state index >= 15 is 0 Å². The molecular formula is C17H18FNO4S. The molecule has 2 aromatic rings. The second-order valence-corrected chi connectivity index (χ2v) is 7.32. The number of benzene rings is 2. The molecular weight excluding hydrogens is 333 g/mol. The first-order valence-electron chi connectivity index (χ1n) is 7.22. The van der Waals surface area contributed by atoms with Gasteiger partial charge in [0.05, 0.1) is 11.4 Å². The third-order valence-electron chi connectivity index (χ3n) is 3.40. The predicted octanol–water partition coefficient (Wildman–Crippen LogP) is 2.38. The number of carbonyl (C=O) groups is 1. The third kappa shape index (κ3) is 4.55. The van der Waals surface area contributed by atoms with Crippen LogP contribution >= 0.6 is 0 Å². The molecule has 0 atom stereocenters. The molecule has 0 radical (unpaired) electrons. The van der Waals surface area contributed by atoms with E-state index in [0.717, 1.165) is 6.26 Å². The molecule has 2 rings (SSSR count). The van der Waals surface area contributed by atoms with Gasteiger partial charge in [-0.1, -0.05) is 12.1 Å². The van der Waals surface area contributed by atoms with Crippen molar-refractivity contribution in [3.05, 3.63) is 59.9 Å². The quantitative estimate of drug-likeness (QED) is 0.802. The lowest BCUT2D eigenvalue weighted by atomic mass is 10.2. The number of amides is 1. The van der Waals surface area contributed by atoms with Gasteiger partial charge in [0.25, 0.3) is 5.91 Å². The van der Waals surface area contributed by atoms with E-state index in [4.69, 9.17) is 4.74 Å². The van der Waals surface area contributed by atoms with Gasteiger partial charge in [-0.3, -0.25) is 4.79 Å². The van der Waals surface area contributed by atoms with E-state index in [-0.39, 0.29) is 29.7 Å². The van der Waals surface area contributed by atoms with Crippen LogP contribution in [0.3, 0.4) is 0 Å². The molecule has 0 fully saturated rings. The first-order valence-corrected chi connectivity index (χ1v) is 9.11. The van der Waals surface area contributed by atoms with Crippen molar-refractivity contribution in [2.75, 3.05) is 26.5 Å². The van der Waals surface area contributed by atoms with Gasteiger partial charge >= 0.3 is 0 Å². The molecule has 7 heteroatoms. The lowest BCUT2D eigenvalue weighted by Gasteiger charge is -2.18. The summed E-state index contributed by atoms with van der Waals surface area (Å²) < 4.78 is 41.5. The van der Waals surface area contributed by atoms with Crippen LogP contribution in [0.15, 0.2) is 53.4 Å². The van der Waals surface area contributed by atoms with Crippen LogP contribution in [0.5, 0.6) is 5.75 Å². The van der Waals surface area contributed by atoms with Crippen molar-refractivity contribution in [3.63, 3.8) is 0 Å². The number of halogens is 1. The second kappa shape index (κ2) is 7.44. The Morgan fingerprint density at radius 2 is 1.75 bits per heavy atom. The maximum Gasteiger partial charge on any atom is 0.253 e. The molecule has 0 aliphatic heterocycles. The van der Waals surface area contributed by atoms with Gasteiger partial charge in [-0.2, -0.15) is 0 Å². The van der Waals surface area contributed by atoms with Gasteiger partial charge in [-0.05, 0) is 36.4 Å². The number of carbonyl (C=O) groups excluding carboxylic acids is 1. The number of hydrogen-bond acceptors (Lipinski definition) is 4. The van der Waals surface area contributed by atoms with Gasteiger partial charge in [0.1, 0.15) is 6.61 Å². The number of hydrogen-bond donors (Lipinski definition) is 0. The van der Waals surface area contributed by atoms with E-state index in [1.54, 1.807) is 19.2 Å². The fourth-order valence-electron chi connectivity index (χ4n) is 2.02. The first kappa shape index (κ1) is 17.9. The van der Waals surface area contributed by atoms with E-state index < -0.39 is 15.7 Å². The highest BCUT2D eigenvalue weighted by molar-refractivity contribution is 7.90. The molecule has 0 aliphatic carbocycles. The summed E-state index contributed by atoms with van der Waals surface area (Å²) in [6, 6.07) is 11.8. The van der Waals surface area contributed by atoms with E-state index in [1.807, 2.05) is 0 Å². The van der Waals surface area contributed by atoms with Crippen molar-refractivity contribution in [3.8, 4) is 5.75 Å². The Hall–Kier alpha value is -2.41. The highest BCUT2D eigenvalue weighted by Crippen LogP contribution is 2.15. The largest absolute Gasteiger partial charge is 0.489 e. The lowest BCUT2D eigenvalue weighted by molar-refractivity contribution is 0.0773. The van der Waals surface area contributed by atoms with Crippen LogP contribution in [0.2, 0.25) is 0 Å². The van der Waals surface area contributed by atoms with Crippen molar-refractivity contribution in [2.24, 2.45) is 0 Å². The molecule has 2 aromatic carbocycles. The summed E-state index contributed by atoms with van der Waals surface area (Å²) in [5.41, 5.74) is 0.371. The monoisotopic (exact) mass is 351 g/mol. The van der Waals surface area contributed by atoms with Crippen LogP contribution < -0.4 is 4.74 Å². The molecule has 0 aliphatic rings. The van der Waals surface area contributed by atoms with Gasteiger partial charge in [0.2, 0.25) is 0 Å². The third-order valence-corrected chi connectivity index (χ3v) is 4.53. The van der Waals surface area contributed by atoms with Crippen LogP contribution in [-0.4, -0.2) is 45.7 Å².